The third kappa shape index (κ3) is 9.03. The average Bonchev–Trinajstić information content (AvgIpc) is 1.98. The Kier molecular flexibility index (Phi) is 6.40. The van der Waals surface area contributed by atoms with Gasteiger partial charge in [-0.25, -0.2) is 9.13 Å². The molecule has 3 N–H and O–H groups in total. The minimum atomic E-state index is -5.17. The highest BCUT2D eigenvalue weighted by molar-refractivity contribution is 7.61. The minimum absolute atomic E-state index is 0.108. The first-order chi connectivity index (χ1) is 7.16. The number of phosphoric ester groups is 1. The second-order valence-electron chi connectivity index (χ2n) is 2.96. The molecule has 0 spiro atoms. The van der Waals surface area contributed by atoms with Gasteiger partial charge in [-0.3, -0.25) is 9.69 Å². The van der Waals surface area contributed by atoms with Crippen molar-refractivity contribution < 1.29 is 37.4 Å². The van der Waals surface area contributed by atoms with Crippen molar-refractivity contribution in [3.8, 4) is 0 Å². The minimum Gasteiger partial charge on any atom is -0.370 e. The highest BCUT2D eigenvalue weighted by Gasteiger charge is 2.35. The molecule has 0 aliphatic rings. The van der Waals surface area contributed by atoms with Crippen LogP contribution >= 0.6 is 15.6 Å². The van der Waals surface area contributed by atoms with E-state index in [0.29, 0.717) is 6.42 Å². The van der Waals surface area contributed by atoms with Crippen LogP contribution in [-0.4, -0.2) is 20.6 Å². The van der Waals surface area contributed by atoms with E-state index < -0.39 is 21.6 Å². The Bertz CT molecular complexity index is 320. The fourth-order valence-corrected chi connectivity index (χ4v) is 2.40. The molecule has 1 atom stereocenters. The SMILES string of the molecule is CCCCCC(=O)OP(=O)(O)OP(=O)(O)O. The first-order valence-corrected chi connectivity index (χ1v) is 7.51. The van der Waals surface area contributed by atoms with E-state index in [1.165, 1.54) is 0 Å². The maximum absolute atomic E-state index is 10.9. The number of carbonyl (C=O) groups is 1. The molecule has 16 heavy (non-hydrogen) atoms. The Morgan fingerprint density at radius 3 is 2.19 bits per heavy atom. The molecule has 0 amide bonds. The van der Waals surface area contributed by atoms with E-state index >= 15 is 0 Å². The van der Waals surface area contributed by atoms with E-state index in [1.54, 1.807) is 0 Å². The molecular weight excluding hydrogens is 262 g/mol. The van der Waals surface area contributed by atoms with Crippen molar-refractivity contribution in [3.05, 3.63) is 0 Å². The summed E-state index contributed by atoms with van der Waals surface area (Å²) in [7, 11) is -10.2. The fourth-order valence-electron chi connectivity index (χ4n) is 0.845. The summed E-state index contributed by atoms with van der Waals surface area (Å²) in [6.45, 7) is 1.90. The van der Waals surface area contributed by atoms with Gasteiger partial charge in [0, 0.05) is 6.42 Å². The molecule has 0 saturated heterocycles. The molecule has 0 aliphatic heterocycles. The van der Waals surface area contributed by atoms with Gasteiger partial charge in [0.25, 0.3) is 0 Å². The van der Waals surface area contributed by atoms with Crippen molar-refractivity contribution in [2.75, 3.05) is 0 Å². The molecule has 0 bridgehead atoms. The maximum Gasteiger partial charge on any atom is 0.538 e. The second-order valence-corrected chi connectivity index (χ2v) is 5.72. The Hall–Kier alpha value is -0.230. The topological polar surface area (TPSA) is 130 Å². The van der Waals surface area contributed by atoms with Gasteiger partial charge in [-0.1, -0.05) is 19.8 Å². The summed E-state index contributed by atoms with van der Waals surface area (Å²) >= 11 is 0. The van der Waals surface area contributed by atoms with Gasteiger partial charge < -0.3 is 14.3 Å². The van der Waals surface area contributed by atoms with Crippen molar-refractivity contribution in [1.29, 1.82) is 0 Å². The molecule has 0 aliphatic carbocycles. The zero-order chi connectivity index (χ0) is 12.8. The number of hydrogen-bond acceptors (Lipinski definition) is 5. The van der Waals surface area contributed by atoms with Crippen molar-refractivity contribution in [2.24, 2.45) is 0 Å². The van der Waals surface area contributed by atoms with Crippen molar-refractivity contribution in [2.45, 2.75) is 32.6 Å². The molecule has 0 saturated carbocycles. The second kappa shape index (κ2) is 6.49. The molecular formula is C6H14O8P2. The van der Waals surface area contributed by atoms with Gasteiger partial charge in [0.05, 0.1) is 0 Å². The van der Waals surface area contributed by atoms with E-state index in [-0.39, 0.29) is 6.42 Å². The van der Waals surface area contributed by atoms with Crippen molar-refractivity contribution in [1.82, 2.24) is 0 Å². The van der Waals surface area contributed by atoms with E-state index in [4.69, 9.17) is 14.7 Å². The van der Waals surface area contributed by atoms with Crippen LogP contribution in [0, 0.1) is 0 Å². The van der Waals surface area contributed by atoms with Crippen LogP contribution in [0.2, 0.25) is 0 Å². The van der Waals surface area contributed by atoms with Gasteiger partial charge in [0.15, 0.2) is 0 Å². The highest BCUT2D eigenvalue weighted by Crippen LogP contribution is 2.57. The first-order valence-electron chi connectivity index (χ1n) is 4.48. The summed E-state index contributed by atoms with van der Waals surface area (Å²) in [5.74, 6) is -1.03. The third-order valence-electron chi connectivity index (χ3n) is 1.41. The average molecular weight is 276 g/mol. The van der Waals surface area contributed by atoms with Gasteiger partial charge in [-0.15, -0.1) is 0 Å². The van der Waals surface area contributed by atoms with Crippen molar-refractivity contribution in [3.63, 3.8) is 0 Å². The van der Waals surface area contributed by atoms with Crippen LogP contribution in [0.3, 0.4) is 0 Å². The Morgan fingerprint density at radius 2 is 1.75 bits per heavy atom. The van der Waals surface area contributed by atoms with E-state index in [2.05, 4.69) is 8.83 Å². The molecule has 0 fully saturated rings. The number of unbranched alkanes of at least 4 members (excludes halogenated alkanes) is 2. The van der Waals surface area contributed by atoms with E-state index in [9.17, 15) is 13.9 Å². The molecule has 0 aromatic rings. The summed E-state index contributed by atoms with van der Waals surface area (Å²) in [5.41, 5.74) is 0. The number of carbonyl (C=O) groups excluding carboxylic acids is 1. The van der Waals surface area contributed by atoms with Crippen LogP contribution in [-0.2, 0) is 22.8 Å². The largest absolute Gasteiger partial charge is 0.538 e. The molecule has 8 nitrogen and oxygen atoms in total. The molecule has 1 unspecified atom stereocenters. The van der Waals surface area contributed by atoms with E-state index in [0.717, 1.165) is 12.8 Å². The summed E-state index contributed by atoms with van der Waals surface area (Å²) in [6, 6.07) is 0. The molecule has 0 radical (unpaired) electrons. The van der Waals surface area contributed by atoms with Crippen LogP contribution in [0.5, 0.6) is 0 Å². The quantitative estimate of drug-likeness (QED) is 0.468. The number of rotatable bonds is 7. The van der Waals surface area contributed by atoms with Crippen LogP contribution in [0.25, 0.3) is 0 Å². The molecule has 0 aromatic heterocycles. The molecule has 96 valence electrons. The smallest absolute Gasteiger partial charge is 0.370 e. The Labute approximate surface area is 92.4 Å². The molecule has 0 heterocycles. The van der Waals surface area contributed by atoms with Gasteiger partial charge in [-0.05, 0) is 6.42 Å². The zero-order valence-electron chi connectivity index (χ0n) is 8.61. The van der Waals surface area contributed by atoms with Gasteiger partial charge in [0.2, 0.25) is 0 Å². The fraction of sp³-hybridized carbons (Fsp3) is 0.833. The molecule has 0 aromatic carbocycles. The van der Waals surface area contributed by atoms with Crippen LogP contribution in [0.15, 0.2) is 0 Å². The Morgan fingerprint density at radius 1 is 1.19 bits per heavy atom. The van der Waals surface area contributed by atoms with Crippen LogP contribution in [0.4, 0.5) is 0 Å². The monoisotopic (exact) mass is 276 g/mol. The number of phosphoric acid groups is 2. The lowest BCUT2D eigenvalue weighted by Gasteiger charge is -2.11. The summed E-state index contributed by atoms with van der Waals surface area (Å²) in [5, 5.41) is 0. The maximum atomic E-state index is 10.9. The first kappa shape index (κ1) is 15.8. The Balaban J connectivity index is 4.11. The van der Waals surface area contributed by atoms with E-state index in [1.807, 2.05) is 6.92 Å². The predicted molar refractivity (Wildman–Crippen MR) is 53.2 cm³/mol. The summed E-state index contributed by atoms with van der Waals surface area (Å²) in [4.78, 5) is 36.2. The molecule has 10 heteroatoms. The lowest BCUT2D eigenvalue weighted by Crippen LogP contribution is -2.03. The van der Waals surface area contributed by atoms with Gasteiger partial charge in [-0.2, -0.15) is 4.31 Å². The number of hydrogen-bond donors (Lipinski definition) is 3. The summed E-state index contributed by atoms with van der Waals surface area (Å²) in [6.07, 6.45) is 1.95. The lowest BCUT2D eigenvalue weighted by atomic mass is 10.2. The van der Waals surface area contributed by atoms with Gasteiger partial charge >= 0.3 is 21.6 Å². The van der Waals surface area contributed by atoms with Crippen LogP contribution in [0.1, 0.15) is 32.6 Å². The zero-order valence-corrected chi connectivity index (χ0v) is 10.4. The normalized spacial score (nSPS) is 15.5. The van der Waals surface area contributed by atoms with Gasteiger partial charge in [0.1, 0.15) is 0 Å². The summed E-state index contributed by atoms with van der Waals surface area (Å²) < 4.78 is 28.5. The predicted octanol–water partition coefficient (Wildman–Crippen LogP) is 1.32. The standard InChI is InChI=1S/C6H14O8P2/c1-2-3-4-5-6(7)13-16(11,12)14-15(8,9)10/h2-5H2,1H3,(H,11,12)(H2,8,9,10). The highest BCUT2D eigenvalue weighted by atomic mass is 31.3. The lowest BCUT2D eigenvalue weighted by molar-refractivity contribution is -0.135. The molecule has 0 rings (SSSR count). The van der Waals surface area contributed by atoms with Crippen molar-refractivity contribution >= 4 is 21.6 Å². The van der Waals surface area contributed by atoms with Crippen LogP contribution < -0.4 is 0 Å². The third-order valence-corrected chi connectivity index (χ3v) is 3.52.